The highest BCUT2D eigenvalue weighted by Crippen LogP contribution is 2.49. The van der Waals surface area contributed by atoms with E-state index < -0.39 is 0 Å². The van der Waals surface area contributed by atoms with Crippen molar-refractivity contribution in [2.75, 3.05) is 6.61 Å². The third kappa shape index (κ3) is 2.74. The molecule has 2 aromatic heterocycles. The van der Waals surface area contributed by atoms with Gasteiger partial charge in [0.15, 0.2) is 0 Å². The number of hydrogen-bond donors (Lipinski definition) is 1. The zero-order valence-corrected chi connectivity index (χ0v) is 15.0. The number of piperidine rings is 1. The van der Waals surface area contributed by atoms with Gasteiger partial charge in [0.2, 0.25) is 0 Å². The van der Waals surface area contributed by atoms with Crippen LogP contribution in [0.25, 0.3) is 0 Å². The van der Waals surface area contributed by atoms with Crippen LogP contribution >= 0.6 is 22.9 Å². The molecule has 24 heavy (non-hydrogen) atoms. The summed E-state index contributed by atoms with van der Waals surface area (Å²) in [6.07, 6.45) is 2.66. The largest absolute Gasteiger partial charge is 0.369 e. The molecule has 4 nitrogen and oxygen atoms in total. The van der Waals surface area contributed by atoms with Crippen LogP contribution in [0.5, 0.6) is 0 Å². The average Bonchev–Trinajstić information content (AvgIpc) is 2.96. The molecule has 0 bridgehead atoms. The lowest BCUT2D eigenvalue weighted by Crippen LogP contribution is -2.49. The minimum absolute atomic E-state index is 0.0638. The number of nitrogens with zero attached hydrogens (tertiary/aromatic N) is 2. The lowest BCUT2D eigenvalue weighted by Gasteiger charge is -2.46. The van der Waals surface area contributed by atoms with E-state index in [1.165, 1.54) is 10.4 Å². The molecule has 2 aromatic rings. The van der Waals surface area contributed by atoms with Crippen LogP contribution in [0.2, 0.25) is 4.34 Å². The van der Waals surface area contributed by atoms with Crippen molar-refractivity contribution in [1.29, 1.82) is 5.26 Å². The summed E-state index contributed by atoms with van der Waals surface area (Å²) in [6, 6.07) is 10.2. The number of pyridine rings is 1. The molecule has 4 heterocycles. The SMILES string of the molecule is CC1CC2(CC(c3cccc(C#N)n3)N1)OCCc1cc(Cl)sc12. The smallest absolute Gasteiger partial charge is 0.140 e. The van der Waals surface area contributed by atoms with Crippen LogP contribution in [0, 0.1) is 11.3 Å². The van der Waals surface area contributed by atoms with Gasteiger partial charge in [0.25, 0.3) is 0 Å². The molecule has 1 N–H and O–H groups in total. The minimum Gasteiger partial charge on any atom is -0.369 e. The predicted molar refractivity (Wildman–Crippen MR) is 94.2 cm³/mol. The van der Waals surface area contributed by atoms with Gasteiger partial charge < -0.3 is 10.1 Å². The van der Waals surface area contributed by atoms with Crippen LogP contribution in [0.3, 0.4) is 0 Å². The molecule has 1 fully saturated rings. The van der Waals surface area contributed by atoms with Crippen molar-refractivity contribution in [3.05, 3.63) is 50.4 Å². The van der Waals surface area contributed by atoms with Gasteiger partial charge in [-0.3, -0.25) is 0 Å². The second-order valence-corrected chi connectivity index (χ2v) is 8.27. The summed E-state index contributed by atoms with van der Waals surface area (Å²) in [5.74, 6) is 0. The topological polar surface area (TPSA) is 57.9 Å². The summed E-state index contributed by atoms with van der Waals surface area (Å²) in [5, 5.41) is 12.7. The van der Waals surface area contributed by atoms with Crippen LogP contribution in [0.1, 0.15) is 47.6 Å². The van der Waals surface area contributed by atoms with Crippen LogP contribution in [-0.4, -0.2) is 17.6 Å². The van der Waals surface area contributed by atoms with Crippen molar-refractivity contribution in [2.24, 2.45) is 0 Å². The third-order valence-corrected chi connectivity index (χ3v) is 6.33. The first-order valence-electron chi connectivity index (χ1n) is 8.15. The van der Waals surface area contributed by atoms with Crippen molar-refractivity contribution >= 4 is 22.9 Å². The van der Waals surface area contributed by atoms with Gasteiger partial charge in [-0.05, 0) is 43.5 Å². The number of aromatic nitrogens is 1. The molecule has 3 atom stereocenters. The fourth-order valence-electron chi connectivity index (χ4n) is 3.96. The lowest BCUT2D eigenvalue weighted by atomic mass is 9.79. The van der Waals surface area contributed by atoms with E-state index in [4.69, 9.17) is 21.6 Å². The summed E-state index contributed by atoms with van der Waals surface area (Å²) in [5.41, 5.74) is 2.37. The number of rotatable bonds is 1. The number of nitriles is 1. The molecule has 0 radical (unpaired) electrons. The maximum Gasteiger partial charge on any atom is 0.140 e. The van der Waals surface area contributed by atoms with Gasteiger partial charge in [-0.25, -0.2) is 4.98 Å². The predicted octanol–water partition coefficient (Wildman–Crippen LogP) is 3.95. The fraction of sp³-hybridized carbons (Fsp3) is 0.444. The van der Waals surface area contributed by atoms with Crippen molar-refractivity contribution < 1.29 is 4.74 Å². The summed E-state index contributed by atoms with van der Waals surface area (Å²) in [4.78, 5) is 5.76. The molecule has 0 aromatic carbocycles. The highest BCUT2D eigenvalue weighted by molar-refractivity contribution is 7.16. The van der Waals surface area contributed by atoms with Crippen LogP contribution in [0.4, 0.5) is 0 Å². The normalized spacial score (nSPS) is 29.2. The molecule has 2 aliphatic heterocycles. The number of hydrogen-bond acceptors (Lipinski definition) is 5. The Labute approximate surface area is 150 Å². The molecule has 0 aliphatic carbocycles. The van der Waals surface area contributed by atoms with E-state index in [-0.39, 0.29) is 11.6 Å². The zero-order chi connectivity index (χ0) is 16.7. The van der Waals surface area contributed by atoms with Gasteiger partial charge >= 0.3 is 0 Å². The number of ether oxygens (including phenoxy) is 1. The molecule has 2 aliphatic rings. The number of thiophene rings is 1. The van der Waals surface area contributed by atoms with Crippen LogP contribution in [0.15, 0.2) is 24.3 Å². The number of fused-ring (bicyclic) bond motifs is 2. The summed E-state index contributed by atoms with van der Waals surface area (Å²) in [6.45, 7) is 2.90. The van der Waals surface area contributed by atoms with Crippen molar-refractivity contribution in [2.45, 2.75) is 43.9 Å². The first-order chi connectivity index (χ1) is 11.6. The van der Waals surface area contributed by atoms with E-state index in [0.717, 1.165) is 35.9 Å². The number of halogens is 1. The van der Waals surface area contributed by atoms with E-state index in [9.17, 15) is 0 Å². The molecule has 1 saturated heterocycles. The Morgan fingerprint density at radius 2 is 2.33 bits per heavy atom. The van der Waals surface area contributed by atoms with Gasteiger partial charge in [0.1, 0.15) is 17.4 Å². The minimum atomic E-state index is -0.301. The second-order valence-electron chi connectivity index (χ2n) is 6.59. The molecule has 3 unspecified atom stereocenters. The molecule has 4 rings (SSSR count). The van der Waals surface area contributed by atoms with E-state index >= 15 is 0 Å². The van der Waals surface area contributed by atoms with Gasteiger partial charge in [0.05, 0.1) is 22.7 Å². The van der Waals surface area contributed by atoms with Gasteiger partial charge in [-0.1, -0.05) is 17.7 Å². The van der Waals surface area contributed by atoms with Crippen molar-refractivity contribution in [1.82, 2.24) is 10.3 Å². The Morgan fingerprint density at radius 1 is 1.46 bits per heavy atom. The zero-order valence-electron chi connectivity index (χ0n) is 13.4. The highest BCUT2D eigenvalue weighted by Gasteiger charge is 2.46. The van der Waals surface area contributed by atoms with Crippen LogP contribution < -0.4 is 5.32 Å². The quantitative estimate of drug-likeness (QED) is 0.837. The Hall–Kier alpha value is -1.45. The maximum atomic E-state index is 9.12. The highest BCUT2D eigenvalue weighted by atomic mass is 35.5. The first kappa shape index (κ1) is 16.0. The van der Waals surface area contributed by atoms with Gasteiger partial charge in [-0.2, -0.15) is 5.26 Å². The van der Waals surface area contributed by atoms with E-state index in [1.807, 2.05) is 12.1 Å². The summed E-state index contributed by atoms with van der Waals surface area (Å²) in [7, 11) is 0. The third-order valence-electron chi connectivity index (χ3n) is 4.84. The van der Waals surface area contributed by atoms with Gasteiger partial charge in [0, 0.05) is 17.3 Å². The second kappa shape index (κ2) is 6.12. The summed E-state index contributed by atoms with van der Waals surface area (Å²) >= 11 is 7.92. The van der Waals surface area contributed by atoms with Crippen molar-refractivity contribution in [3.63, 3.8) is 0 Å². The molecular weight excluding hydrogens is 342 g/mol. The Kier molecular flexibility index (Phi) is 4.09. The fourth-order valence-corrected chi connectivity index (χ4v) is 5.42. The summed E-state index contributed by atoms with van der Waals surface area (Å²) < 4.78 is 7.17. The molecule has 124 valence electrons. The lowest BCUT2D eigenvalue weighted by molar-refractivity contribution is -0.0957. The molecule has 1 spiro atoms. The first-order valence-corrected chi connectivity index (χ1v) is 9.35. The maximum absolute atomic E-state index is 9.12. The Morgan fingerprint density at radius 3 is 3.17 bits per heavy atom. The number of nitrogens with one attached hydrogen (secondary N) is 1. The molecular formula is C18H18ClN3OS. The average molecular weight is 360 g/mol. The van der Waals surface area contributed by atoms with E-state index in [0.29, 0.717) is 11.7 Å². The Bertz CT molecular complexity index is 815. The molecule has 6 heteroatoms. The van der Waals surface area contributed by atoms with Gasteiger partial charge in [-0.15, -0.1) is 11.3 Å². The van der Waals surface area contributed by atoms with Crippen LogP contribution in [-0.2, 0) is 16.8 Å². The standard InChI is InChI=1S/C18H18ClN3OS/c1-11-8-18(17-12(5-6-23-18)7-16(19)24-17)9-15(21-11)14-4-2-3-13(10-20)22-14/h2-4,7,11,15,21H,5-6,8-9H2,1H3. The monoisotopic (exact) mass is 359 g/mol. The molecule has 0 saturated carbocycles. The van der Waals surface area contributed by atoms with Crippen molar-refractivity contribution in [3.8, 4) is 6.07 Å². The Balaban J connectivity index is 1.72. The van der Waals surface area contributed by atoms with E-state index in [2.05, 4.69) is 29.4 Å². The molecule has 0 amide bonds. The van der Waals surface area contributed by atoms with E-state index in [1.54, 1.807) is 17.4 Å².